The molecular weight excluding hydrogens is 221 g/mol. The van der Waals surface area contributed by atoms with Crippen LogP contribution in [0.3, 0.4) is 0 Å². The van der Waals surface area contributed by atoms with Gasteiger partial charge >= 0.3 is 6.18 Å². The lowest BCUT2D eigenvalue weighted by molar-refractivity contribution is -0.132. The van der Waals surface area contributed by atoms with Gasteiger partial charge in [-0.2, -0.15) is 22.0 Å². The topological polar surface area (TPSA) is 20.3 Å². The number of nitrogens with zero attached hydrogens (tertiary/aromatic N) is 1. The second kappa shape index (κ2) is 5.09. The van der Waals surface area contributed by atoms with Gasteiger partial charge in [0.1, 0.15) is 0 Å². The number of hydrogen-bond donors (Lipinski definition) is 0. The van der Waals surface area contributed by atoms with Crippen molar-refractivity contribution < 1.29 is 26.7 Å². The van der Waals surface area contributed by atoms with Crippen molar-refractivity contribution in [1.82, 2.24) is 4.90 Å². The maximum Gasteiger partial charge on any atom is 0.446 e. The van der Waals surface area contributed by atoms with Crippen LogP contribution < -0.4 is 0 Å². The van der Waals surface area contributed by atoms with Crippen molar-refractivity contribution in [2.45, 2.75) is 20.0 Å². The first-order valence-electron chi connectivity index (χ1n) is 4.17. The lowest BCUT2D eigenvalue weighted by atomic mass is 10.3. The van der Waals surface area contributed by atoms with Crippen LogP contribution in [0, 0.1) is 0 Å². The largest absolute Gasteiger partial charge is 0.446 e. The average Bonchev–Trinajstić information content (AvgIpc) is 2.15. The molecule has 0 heterocycles. The smallest absolute Gasteiger partial charge is 0.337 e. The van der Waals surface area contributed by atoms with Crippen LogP contribution in [0.15, 0.2) is 11.7 Å². The molecule has 0 saturated heterocycles. The molecule has 0 N–H and O–H groups in total. The number of allylic oxidation sites excluding steroid dienone is 1. The fraction of sp³-hybridized carbons (Fsp3) is 0.625. The summed E-state index contributed by atoms with van der Waals surface area (Å²) in [6.07, 6.45) is -5.47. The first-order valence-corrected chi connectivity index (χ1v) is 4.17. The molecule has 0 aliphatic rings. The molecule has 0 aromatic rings. The second-order valence-corrected chi connectivity index (χ2v) is 2.60. The average molecular weight is 231 g/mol. The van der Waals surface area contributed by atoms with Crippen molar-refractivity contribution in [2.75, 3.05) is 13.1 Å². The molecule has 15 heavy (non-hydrogen) atoms. The quantitative estimate of drug-likeness (QED) is 0.540. The standard InChI is InChI=1S/C8H10F5NO/c1-3-14(4-2)7(15)5(9)6(10)8(11,12)13/h3-4H2,1-2H3/b6-5+. The minimum atomic E-state index is -5.47. The van der Waals surface area contributed by atoms with E-state index in [4.69, 9.17) is 0 Å². The van der Waals surface area contributed by atoms with E-state index in [0.717, 1.165) is 4.90 Å². The number of hydrogen-bond acceptors (Lipinski definition) is 1. The molecule has 0 unspecified atom stereocenters. The summed E-state index contributed by atoms with van der Waals surface area (Å²) in [5.41, 5.74) is 0. The maximum absolute atomic E-state index is 12.7. The van der Waals surface area contributed by atoms with E-state index in [0.29, 0.717) is 0 Å². The highest BCUT2D eigenvalue weighted by Gasteiger charge is 2.40. The Morgan fingerprint density at radius 3 is 1.80 bits per heavy atom. The van der Waals surface area contributed by atoms with Crippen molar-refractivity contribution >= 4 is 5.91 Å². The molecule has 0 atom stereocenters. The summed E-state index contributed by atoms with van der Waals surface area (Å²) in [5.74, 6) is -6.97. The molecule has 0 spiro atoms. The third-order valence-electron chi connectivity index (χ3n) is 1.68. The summed E-state index contributed by atoms with van der Waals surface area (Å²) in [5, 5.41) is 0. The van der Waals surface area contributed by atoms with Crippen LogP contribution in [-0.2, 0) is 4.79 Å². The Bertz CT molecular complexity index is 267. The van der Waals surface area contributed by atoms with E-state index in [2.05, 4.69) is 0 Å². The van der Waals surface area contributed by atoms with Gasteiger partial charge in [-0.1, -0.05) is 0 Å². The first-order chi connectivity index (χ1) is 6.75. The van der Waals surface area contributed by atoms with Gasteiger partial charge < -0.3 is 4.90 Å². The molecule has 0 aliphatic carbocycles. The molecule has 0 aromatic carbocycles. The summed E-state index contributed by atoms with van der Waals surface area (Å²) in [6, 6.07) is 0. The zero-order valence-corrected chi connectivity index (χ0v) is 8.16. The molecule has 0 bridgehead atoms. The van der Waals surface area contributed by atoms with Gasteiger partial charge in [-0.05, 0) is 13.8 Å². The first kappa shape index (κ1) is 13.9. The fourth-order valence-electron chi connectivity index (χ4n) is 0.868. The van der Waals surface area contributed by atoms with Gasteiger partial charge in [0.15, 0.2) is 0 Å². The Labute approximate surface area is 83.4 Å². The number of rotatable bonds is 3. The van der Waals surface area contributed by atoms with Crippen LogP contribution >= 0.6 is 0 Å². The SMILES string of the molecule is CCN(CC)C(=O)/C(F)=C(\F)C(F)(F)F. The normalized spacial score (nSPS) is 13.5. The monoisotopic (exact) mass is 231 g/mol. The van der Waals surface area contributed by atoms with Gasteiger partial charge in [-0.3, -0.25) is 4.79 Å². The van der Waals surface area contributed by atoms with Crippen LogP contribution in [0.2, 0.25) is 0 Å². The predicted octanol–water partition coefficient (Wildman–Crippen LogP) is 2.57. The minimum Gasteiger partial charge on any atom is -0.337 e. The third-order valence-corrected chi connectivity index (χ3v) is 1.68. The Kier molecular flexibility index (Phi) is 4.70. The van der Waals surface area contributed by atoms with E-state index < -0.39 is 23.7 Å². The van der Waals surface area contributed by atoms with Crippen molar-refractivity contribution in [3.8, 4) is 0 Å². The highest BCUT2D eigenvalue weighted by atomic mass is 19.4. The van der Waals surface area contributed by atoms with Gasteiger partial charge in [0.25, 0.3) is 5.91 Å². The van der Waals surface area contributed by atoms with E-state index >= 15 is 0 Å². The Morgan fingerprint density at radius 2 is 1.53 bits per heavy atom. The van der Waals surface area contributed by atoms with Gasteiger partial charge in [0.2, 0.25) is 11.7 Å². The molecule has 0 radical (unpaired) electrons. The lowest BCUT2D eigenvalue weighted by Crippen LogP contribution is -2.32. The maximum atomic E-state index is 12.7. The van der Waals surface area contributed by atoms with Crippen LogP contribution in [0.25, 0.3) is 0 Å². The third kappa shape index (κ3) is 3.49. The van der Waals surface area contributed by atoms with Crippen LogP contribution in [0.4, 0.5) is 22.0 Å². The summed E-state index contributed by atoms with van der Waals surface area (Å²) in [7, 11) is 0. The molecule has 2 nitrogen and oxygen atoms in total. The zero-order valence-electron chi connectivity index (χ0n) is 8.16. The van der Waals surface area contributed by atoms with Crippen molar-refractivity contribution in [1.29, 1.82) is 0 Å². The Balaban J connectivity index is 4.99. The van der Waals surface area contributed by atoms with Crippen LogP contribution in [-0.4, -0.2) is 30.1 Å². The predicted molar refractivity (Wildman–Crippen MR) is 43.2 cm³/mol. The van der Waals surface area contributed by atoms with Crippen LogP contribution in [0.5, 0.6) is 0 Å². The molecule has 0 fully saturated rings. The molecule has 0 saturated carbocycles. The van der Waals surface area contributed by atoms with Crippen molar-refractivity contribution in [2.24, 2.45) is 0 Å². The number of amides is 1. The van der Waals surface area contributed by atoms with Gasteiger partial charge in [-0.15, -0.1) is 0 Å². The summed E-state index contributed by atoms with van der Waals surface area (Å²) in [4.78, 5) is 11.7. The molecule has 0 aromatic heterocycles. The fourth-order valence-corrected chi connectivity index (χ4v) is 0.868. The zero-order chi connectivity index (χ0) is 12.2. The molecule has 0 aliphatic heterocycles. The van der Waals surface area contributed by atoms with E-state index in [1.165, 1.54) is 13.8 Å². The van der Waals surface area contributed by atoms with E-state index in [1.807, 2.05) is 0 Å². The van der Waals surface area contributed by atoms with Crippen molar-refractivity contribution in [3.05, 3.63) is 11.7 Å². The van der Waals surface area contributed by atoms with Crippen molar-refractivity contribution in [3.63, 3.8) is 0 Å². The molecule has 1 amide bonds. The number of likely N-dealkylation sites (N-methyl/N-ethyl adjacent to an activating group) is 1. The number of alkyl halides is 3. The molecular formula is C8H10F5NO. The second-order valence-electron chi connectivity index (χ2n) is 2.60. The summed E-state index contributed by atoms with van der Waals surface area (Å²) < 4.78 is 60.1. The van der Waals surface area contributed by atoms with E-state index in [-0.39, 0.29) is 13.1 Å². The van der Waals surface area contributed by atoms with E-state index in [1.54, 1.807) is 0 Å². The van der Waals surface area contributed by atoms with Crippen LogP contribution in [0.1, 0.15) is 13.8 Å². The Hall–Kier alpha value is -1.14. The molecule has 88 valence electrons. The number of carbonyl (C=O) groups is 1. The molecule has 7 heteroatoms. The summed E-state index contributed by atoms with van der Waals surface area (Å²) in [6.45, 7) is 2.90. The van der Waals surface area contributed by atoms with Gasteiger partial charge in [0.05, 0.1) is 0 Å². The van der Waals surface area contributed by atoms with Gasteiger partial charge in [0, 0.05) is 13.1 Å². The summed E-state index contributed by atoms with van der Waals surface area (Å²) >= 11 is 0. The lowest BCUT2D eigenvalue weighted by Gasteiger charge is -2.17. The van der Waals surface area contributed by atoms with Gasteiger partial charge in [-0.25, -0.2) is 0 Å². The molecule has 0 rings (SSSR count). The highest BCUT2D eigenvalue weighted by Crippen LogP contribution is 2.30. The Morgan fingerprint density at radius 1 is 1.13 bits per heavy atom. The number of halogens is 5. The van der Waals surface area contributed by atoms with E-state index in [9.17, 15) is 26.7 Å². The number of carbonyl (C=O) groups excluding carboxylic acids is 1. The minimum absolute atomic E-state index is 0.00783. The highest BCUT2D eigenvalue weighted by molar-refractivity contribution is 5.91.